The van der Waals surface area contributed by atoms with Gasteiger partial charge in [-0.2, -0.15) is 0 Å². The van der Waals surface area contributed by atoms with E-state index in [4.69, 9.17) is 5.11 Å². The van der Waals surface area contributed by atoms with Crippen molar-refractivity contribution in [3.05, 3.63) is 57.0 Å². The predicted molar refractivity (Wildman–Crippen MR) is 80.6 cm³/mol. The van der Waals surface area contributed by atoms with Crippen LogP contribution in [0.3, 0.4) is 0 Å². The van der Waals surface area contributed by atoms with Crippen molar-refractivity contribution in [1.29, 1.82) is 0 Å². The molecule has 3 nitrogen and oxygen atoms in total. The van der Waals surface area contributed by atoms with Gasteiger partial charge >= 0.3 is 0 Å². The highest BCUT2D eigenvalue weighted by molar-refractivity contribution is 7.13. The lowest BCUT2D eigenvalue weighted by Gasteiger charge is -2.06. The molecule has 1 amide bonds. The summed E-state index contributed by atoms with van der Waals surface area (Å²) < 4.78 is 13.7. The van der Waals surface area contributed by atoms with Crippen LogP contribution in [-0.2, 0) is 6.54 Å². The molecular weight excluding hydrogens is 289 g/mol. The molecule has 0 saturated heterocycles. The zero-order chi connectivity index (χ0) is 15.2. The van der Waals surface area contributed by atoms with Gasteiger partial charge in [-0.15, -0.1) is 11.3 Å². The van der Waals surface area contributed by atoms with Gasteiger partial charge in [0.15, 0.2) is 0 Å². The summed E-state index contributed by atoms with van der Waals surface area (Å²) in [5.41, 5.74) is 0.961. The van der Waals surface area contributed by atoms with Gasteiger partial charge in [0.05, 0.1) is 4.88 Å². The van der Waals surface area contributed by atoms with E-state index in [0.717, 1.165) is 4.88 Å². The minimum Gasteiger partial charge on any atom is -0.384 e. The molecule has 0 aliphatic heterocycles. The maximum Gasteiger partial charge on any atom is 0.261 e. The minimum absolute atomic E-state index is 0.0935. The van der Waals surface area contributed by atoms with E-state index in [1.165, 1.54) is 23.5 Å². The van der Waals surface area contributed by atoms with Gasteiger partial charge < -0.3 is 10.4 Å². The van der Waals surface area contributed by atoms with Gasteiger partial charge in [0, 0.05) is 22.5 Å². The molecule has 0 unspecified atom stereocenters. The number of aliphatic hydroxyl groups is 1. The second-order valence-corrected chi connectivity index (χ2v) is 5.65. The molecule has 1 aromatic carbocycles. The Balaban J connectivity index is 2.07. The van der Waals surface area contributed by atoms with Gasteiger partial charge in [0.25, 0.3) is 5.91 Å². The Morgan fingerprint density at radius 2 is 2.19 bits per heavy atom. The number of aliphatic hydroxyl groups excluding tert-OH is 1. The van der Waals surface area contributed by atoms with Crippen LogP contribution in [0, 0.1) is 24.6 Å². The Hall–Kier alpha value is -2.16. The van der Waals surface area contributed by atoms with E-state index in [9.17, 15) is 9.18 Å². The lowest BCUT2D eigenvalue weighted by molar-refractivity contribution is 0.0954. The summed E-state index contributed by atoms with van der Waals surface area (Å²) in [7, 11) is 0. The van der Waals surface area contributed by atoms with Gasteiger partial charge in [-0.25, -0.2) is 4.39 Å². The molecule has 21 heavy (non-hydrogen) atoms. The molecule has 0 spiro atoms. The van der Waals surface area contributed by atoms with Crippen molar-refractivity contribution in [2.45, 2.75) is 13.5 Å². The number of hydrogen-bond donors (Lipinski definition) is 2. The molecule has 0 fully saturated rings. The van der Waals surface area contributed by atoms with Gasteiger partial charge in [-0.3, -0.25) is 4.79 Å². The Labute approximate surface area is 126 Å². The first-order valence-corrected chi connectivity index (χ1v) is 7.14. The lowest BCUT2D eigenvalue weighted by atomic mass is 10.1. The van der Waals surface area contributed by atoms with Crippen molar-refractivity contribution in [3.63, 3.8) is 0 Å². The predicted octanol–water partition coefficient (Wildman–Crippen LogP) is 2.47. The summed E-state index contributed by atoms with van der Waals surface area (Å²) in [5.74, 6) is 4.59. The number of halogens is 1. The Kier molecular flexibility index (Phi) is 5.09. The Morgan fingerprint density at radius 1 is 1.38 bits per heavy atom. The quantitative estimate of drug-likeness (QED) is 0.856. The van der Waals surface area contributed by atoms with Crippen molar-refractivity contribution >= 4 is 17.2 Å². The normalized spacial score (nSPS) is 9.86. The molecule has 2 aromatic rings. The fourth-order valence-corrected chi connectivity index (χ4v) is 2.53. The van der Waals surface area contributed by atoms with Gasteiger partial charge in [0.2, 0.25) is 0 Å². The summed E-state index contributed by atoms with van der Waals surface area (Å²) in [5, 5.41) is 11.3. The highest BCUT2D eigenvalue weighted by atomic mass is 32.1. The summed E-state index contributed by atoms with van der Waals surface area (Å²) in [6, 6.07) is 8.02. The minimum atomic E-state index is -0.396. The summed E-state index contributed by atoms with van der Waals surface area (Å²) in [6.45, 7) is 1.77. The van der Waals surface area contributed by atoms with E-state index in [-0.39, 0.29) is 19.1 Å². The molecular formula is C16H14FNO2S. The monoisotopic (exact) mass is 303 g/mol. The Bertz CT molecular complexity index is 713. The van der Waals surface area contributed by atoms with Gasteiger partial charge in [-0.05, 0) is 37.3 Å². The third-order valence-electron chi connectivity index (χ3n) is 2.76. The van der Waals surface area contributed by atoms with Crippen LogP contribution in [0.2, 0.25) is 0 Å². The van der Waals surface area contributed by atoms with Crippen LogP contribution in [-0.4, -0.2) is 17.6 Å². The molecule has 0 saturated carbocycles. The molecule has 1 heterocycles. The average Bonchev–Trinajstić information content (AvgIpc) is 2.91. The number of thiophene rings is 1. The summed E-state index contributed by atoms with van der Waals surface area (Å²) >= 11 is 1.39. The molecule has 0 aliphatic carbocycles. The molecule has 108 valence electrons. The van der Waals surface area contributed by atoms with Gasteiger partial charge in [-0.1, -0.05) is 11.8 Å². The van der Waals surface area contributed by atoms with Crippen molar-refractivity contribution in [3.8, 4) is 11.8 Å². The third-order valence-corrected chi connectivity index (χ3v) is 3.76. The number of benzene rings is 1. The highest BCUT2D eigenvalue weighted by Gasteiger charge is 2.09. The van der Waals surface area contributed by atoms with Crippen LogP contribution >= 0.6 is 11.3 Å². The molecule has 0 bridgehead atoms. The summed E-state index contributed by atoms with van der Waals surface area (Å²) in [4.78, 5) is 13.6. The number of aryl methyl sites for hydroxylation is 1. The number of amides is 1. The van der Waals surface area contributed by atoms with Gasteiger partial charge in [0.1, 0.15) is 12.4 Å². The number of rotatable bonds is 3. The van der Waals surface area contributed by atoms with Crippen molar-refractivity contribution in [2.24, 2.45) is 0 Å². The molecule has 1 aromatic heterocycles. The lowest BCUT2D eigenvalue weighted by Crippen LogP contribution is -2.22. The number of carbonyl (C=O) groups is 1. The SMILES string of the molecule is Cc1ccc(C(=O)NCc2cc(C#CCO)ccc2F)s1. The number of nitrogens with one attached hydrogen (secondary N) is 1. The average molecular weight is 303 g/mol. The first-order valence-electron chi connectivity index (χ1n) is 6.33. The standard InChI is InChI=1S/C16H14FNO2S/c1-11-4-7-15(21-11)16(20)18-10-13-9-12(3-2-8-19)5-6-14(13)17/h4-7,9,19H,8,10H2,1H3,(H,18,20). The molecule has 2 N–H and O–H groups in total. The summed E-state index contributed by atoms with van der Waals surface area (Å²) in [6.07, 6.45) is 0. The zero-order valence-electron chi connectivity index (χ0n) is 11.4. The van der Waals surface area contributed by atoms with Crippen molar-refractivity contribution < 1.29 is 14.3 Å². The van der Waals surface area contributed by atoms with Crippen LogP contribution < -0.4 is 5.32 Å². The smallest absolute Gasteiger partial charge is 0.261 e. The zero-order valence-corrected chi connectivity index (χ0v) is 12.3. The van der Waals surface area contributed by atoms with Crippen LogP contribution in [0.4, 0.5) is 4.39 Å². The highest BCUT2D eigenvalue weighted by Crippen LogP contribution is 2.15. The maximum atomic E-state index is 13.7. The fraction of sp³-hybridized carbons (Fsp3) is 0.188. The molecule has 0 radical (unpaired) electrons. The first-order chi connectivity index (χ1) is 10.1. The molecule has 0 aliphatic rings. The van der Waals surface area contributed by atoms with E-state index in [1.807, 2.05) is 13.0 Å². The van der Waals surface area contributed by atoms with E-state index in [1.54, 1.807) is 12.1 Å². The molecule has 2 rings (SSSR count). The number of hydrogen-bond acceptors (Lipinski definition) is 3. The largest absolute Gasteiger partial charge is 0.384 e. The Morgan fingerprint density at radius 3 is 2.86 bits per heavy atom. The van der Waals surface area contributed by atoms with Crippen molar-refractivity contribution in [2.75, 3.05) is 6.61 Å². The second kappa shape index (κ2) is 7.02. The van der Waals surface area contributed by atoms with Crippen LogP contribution in [0.15, 0.2) is 30.3 Å². The molecule has 0 atom stereocenters. The number of carbonyl (C=O) groups excluding carboxylic acids is 1. The van der Waals surface area contributed by atoms with E-state index in [0.29, 0.717) is 16.0 Å². The first kappa shape index (κ1) is 15.2. The van der Waals surface area contributed by atoms with Crippen LogP contribution in [0.5, 0.6) is 0 Å². The molecule has 5 heteroatoms. The van der Waals surface area contributed by atoms with Crippen LogP contribution in [0.25, 0.3) is 0 Å². The van der Waals surface area contributed by atoms with Crippen molar-refractivity contribution in [1.82, 2.24) is 5.32 Å². The third kappa shape index (κ3) is 4.15. The van der Waals surface area contributed by atoms with E-state index in [2.05, 4.69) is 17.2 Å². The fourth-order valence-electron chi connectivity index (χ4n) is 1.75. The van der Waals surface area contributed by atoms with E-state index >= 15 is 0 Å². The van der Waals surface area contributed by atoms with E-state index < -0.39 is 5.82 Å². The topological polar surface area (TPSA) is 49.3 Å². The maximum absolute atomic E-state index is 13.7. The second-order valence-electron chi connectivity index (χ2n) is 4.36. The van der Waals surface area contributed by atoms with Crippen LogP contribution in [0.1, 0.15) is 25.7 Å².